The zero-order chi connectivity index (χ0) is 23.3. The first-order valence-electron chi connectivity index (χ1n) is 9.95. The van der Waals surface area contributed by atoms with Gasteiger partial charge < -0.3 is 10.1 Å². The lowest BCUT2D eigenvalue weighted by Crippen LogP contribution is -2.15. The van der Waals surface area contributed by atoms with E-state index in [1.54, 1.807) is 73.1 Å². The highest BCUT2D eigenvalue weighted by Crippen LogP contribution is 2.25. The van der Waals surface area contributed by atoms with Gasteiger partial charge in [0, 0.05) is 29.3 Å². The first-order valence-corrected chi connectivity index (χ1v) is 11.4. The van der Waals surface area contributed by atoms with Crippen LogP contribution in [0.4, 0.5) is 11.4 Å². The van der Waals surface area contributed by atoms with Crippen LogP contribution in [0.15, 0.2) is 96.2 Å². The fourth-order valence-electron chi connectivity index (χ4n) is 3.02. The van der Waals surface area contributed by atoms with Crippen molar-refractivity contribution in [2.75, 3.05) is 10.0 Å². The lowest BCUT2D eigenvalue weighted by Gasteiger charge is -2.12. The standard InChI is InChI=1S/C24H20N4O4S/c1-17-15-20(32-24-25-13-6-14-26-24)11-12-22(17)27-23(29)18-7-5-8-19(16-18)28-33(30,31)21-9-3-2-4-10-21/h2-16,28H,1H3,(H,27,29). The van der Waals surface area contributed by atoms with Crippen molar-refractivity contribution in [1.29, 1.82) is 0 Å². The van der Waals surface area contributed by atoms with E-state index in [0.717, 1.165) is 5.56 Å². The molecule has 0 fully saturated rings. The van der Waals surface area contributed by atoms with Gasteiger partial charge in [-0.3, -0.25) is 9.52 Å². The molecule has 166 valence electrons. The minimum absolute atomic E-state index is 0.138. The van der Waals surface area contributed by atoms with Crippen molar-refractivity contribution in [1.82, 2.24) is 9.97 Å². The molecule has 8 nitrogen and oxygen atoms in total. The largest absolute Gasteiger partial charge is 0.424 e. The van der Waals surface area contributed by atoms with Crippen molar-refractivity contribution >= 4 is 27.3 Å². The van der Waals surface area contributed by atoms with Crippen LogP contribution in [0.5, 0.6) is 11.8 Å². The number of benzene rings is 3. The van der Waals surface area contributed by atoms with Crippen LogP contribution in [0.3, 0.4) is 0 Å². The molecule has 0 radical (unpaired) electrons. The van der Waals surface area contributed by atoms with Crippen molar-refractivity contribution in [3.05, 3.63) is 102 Å². The molecule has 0 saturated heterocycles. The third kappa shape index (κ3) is 5.52. The molecular weight excluding hydrogens is 440 g/mol. The van der Waals surface area contributed by atoms with Crippen LogP contribution < -0.4 is 14.8 Å². The van der Waals surface area contributed by atoms with Crippen LogP contribution in [0, 0.1) is 6.92 Å². The summed E-state index contributed by atoms with van der Waals surface area (Å²) in [5.74, 6) is 0.160. The average molecular weight is 461 g/mol. The van der Waals surface area contributed by atoms with Gasteiger partial charge in [-0.2, -0.15) is 0 Å². The number of carbonyl (C=O) groups is 1. The Kier molecular flexibility index (Phi) is 6.32. The zero-order valence-electron chi connectivity index (χ0n) is 17.6. The molecule has 4 rings (SSSR count). The van der Waals surface area contributed by atoms with Crippen molar-refractivity contribution in [3.8, 4) is 11.8 Å². The second-order valence-electron chi connectivity index (χ2n) is 7.06. The normalized spacial score (nSPS) is 10.9. The lowest BCUT2D eigenvalue weighted by molar-refractivity contribution is 0.102. The SMILES string of the molecule is Cc1cc(Oc2ncccn2)ccc1NC(=O)c1cccc(NS(=O)(=O)c2ccccc2)c1. The summed E-state index contributed by atoms with van der Waals surface area (Å²) in [6.45, 7) is 1.83. The Hall–Kier alpha value is -4.24. The molecule has 0 aliphatic carbocycles. The zero-order valence-corrected chi connectivity index (χ0v) is 18.4. The molecule has 1 heterocycles. The summed E-state index contributed by atoms with van der Waals surface area (Å²) in [7, 11) is -3.76. The summed E-state index contributed by atoms with van der Waals surface area (Å²) in [6.07, 6.45) is 3.16. The number of hydrogen-bond acceptors (Lipinski definition) is 6. The molecule has 0 saturated carbocycles. The van der Waals surface area contributed by atoms with Gasteiger partial charge in [0.15, 0.2) is 0 Å². The molecule has 0 bridgehead atoms. The molecule has 3 aromatic carbocycles. The summed E-state index contributed by atoms with van der Waals surface area (Å²) in [5.41, 5.74) is 1.96. The second-order valence-corrected chi connectivity index (χ2v) is 8.75. The number of ether oxygens (including phenoxy) is 1. The van der Waals surface area contributed by atoms with E-state index in [-0.39, 0.29) is 22.5 Å². The number of nitrogens with one attached hydrogen (secondary N) is 2. The van der Waals surface area contributed by atoms with Crippen molar-refractivity contribution in [2.24, 2.45) is 0 Å². The summed E-state index contributed by atoms with van der Waals surface area (Å²) >= 11 is 0. The number of aromatic nitrogens is 2. The van der Waals surface area contributed by atoms with Crippen molar-refractivity contribution in [2.45, 2.75) is 11.8 Å². The maximum atomic E-state index is 12.8. The Bertz CT molecular complexity index is 1380. The molecule has 0 aliphatic rings. The minimum Gasteiger partial charge on any atom is -0.424 e. The molecule has 0 aliphatic heterocycles. The van der Waals surface area contributed by atoms with Gasteiger partial charge in [-0.15, -0.1) is 0 Å². The van der Waals surface area contributed by atoms with E-state index in [2.05, 4.69) is 20.0 Å². The van der Waals surface area contributed by atoms with Crippen LogP contribution in [0.25, 0.3) is 0 Å². The van der Waals surface area contributed by atoms with Gasteiger partial charge >= 0.3 is 6.01 Å². The van der Waals surface area contributed by atoms with E-state index in [0.29, 0.717) is 17.0 Å². The molecule has 4 aromatic rings. The fourth-order valence-corrected chi connectivity index (χ4v) is 4.09. The van der Waals surface area contributed by atoms with E-state index in [1.807, 2.05) is 6.92 Å². The van der Waals surface area contributed by atoms with Crippen LogP contribution in [-0.4, -0.2) is 24.3 Å². The molecule has 9 heteroatoms. The molecule has 0 spiro atoms. The maximum Gasteiger partial charge on any atom is 0.321 e. The van der Waals surface area contributed by atoms with E-state index in [1.165, 1.54) is 18.2 Å². The third-order valence-electron chi connectivity index (χ3n) is 4.63. The number of amides is 1. The second kappa shape index (κ2) is 9.49. The van der Waals surface area contributed by atoms with Crippen LogP contribution in [0.1, 0.15) is 15.9 Å². The number of rotatable bonds is 7. The van der Waals surface area contributed by atoms with Crippen molar-refractivity contribution < 1.29 is 17.9 Å². The molecule has 0 unspecified atom stereocenters. The number of anilines is 2. The van der Waals surface area contributed by atoms with E-state index in [9.17, 15) is 13.2 Å². The highest BCUT2D eigenvalue weighted by molar-refractivity contribution is 7.92. The van der Waals surface area contributed by atoms with E-state index >= 15 is 0 Å². The number of sulfonamides is 1. The highest BCUT2D eigenvalue weighted by Gasteiger charge is 2.15. The summed E-state index contributed by atoms with van der Waals surface area (Å²) in [6, 6.07) is 21.4. The fraction of sp³-hybridized carbons (Fsp3) is 0.0417. The first kappa shape index (κ1) is 22.0. The van der Waals surface area contributed by atoms with Gasteiger partial charge in [-0.25, -0.2) is 18.4 Å². The predicted octanol–water partition coefficient (Wildman–Crippen LogP) is 4.63. The Morgan fingerprint density at radius 1 is 0.879 bits per heavy atom. The average Bonchev–Trinajstić information content (AvgIpc) is 2.82. The molecule has 33 heavy (non-hydrogen) atoms. The summed E-state index contributed by atoms with van der Waals surface area (Å²) < 4.78 is 33.2. The number of hydrogen-bond donors (Lipinski definition) is 2. The molecule has 2 N–H and O–H groups in total. The van der Waals surface area contributed by atoms with Gasteiger partial charge in [0.05, 0.1) is 4.90 Å². The van der Waals surface area contributed by atoms with Gasteiger partial charge in [0.2, 0.25) is 0 Å². The third-order valence-corrected chi connectivity index (χ3v) is 6.02. The number of nitrogens with zero attached hydrogens (tertiary/aromatic N) is 2. The summed E-state index contributed by atoms with van der Waals surface area (Å²) in [5, 5.41) is 2.84. The summed E-state index contributed by atoms with van der Waals surface area (Å²) in [4.78, 5) is 21.0. The Morgan fingerprint density at radius 2 is 1.64 bits per heavy atom. The molecule has 1 amide bonds. The molecular formula is C24H20N4O4S. The van der Waals surface area contributed by atoms with Gasteiger partial charge in [0.1, 0.15) is 5.75 Å². The van der Waals surface area contributed by atoms with Crippen LogP contribution >= 0.6 is 0 Å². The van der Waals surface area contributed by atoms with Crippen LogP contribution in [-0.2, 0) is 10.0 Å². The lowest BCUT2D eigenvalue weighted by atomic mass is 10.1. The molecule has 1 aromatic heterocycles. The monoisotopic (exact) mass is 460 g/mol. The van der Waals surface area contributed by atoms with Crippen molar-refractivity contribution in [3.63, 3.8) is 0 Å². The van der Waals surface area contributed by atoms with Gasteiger partial charge in [-0.1, -0.05) is 24.3 Å². The Balaban J connectivity index is 1.47. The van der Waals surface area contributed by atoms with Gasteiger partial charge in [0.25, 0.3) is 15.9 Å². The van der Waals surface area contributed by atoms with E-state index < -0.39 is 10.0 Å². The Labute approximate surface area is 191 Å². The minimum atomic E-state index is -3.76. The quantitative estimate of drug-likeness (QED) is 0.416. The number of aryl methyl sites for hydroxylation is 1. The Morgan fingerprint density at radius 3 is 2.36 bits per heavy atom. The predicted molar refractivity (Wildman–Crippen MR) is 125 cm³/mol. The smallest absolute Gasteiger partial charge is 0.321 e. The topological polar surface area (TPSA) is 110 Å². The maximum absolute atomic E-state index is 12.8. The van der Waals surface area contributed by atoms with E-state index in [4.69, 9.17) is 4.74 Å². The molecule has 0 atom stereocenters. The first-order chi connectivity index (χ1) is 15.9. The van der Waals surface area contributed by atoms with Crippen LogP contribution in [0.2, 0.25) is 0 Å². The highest BCUT2D eigenvalue weighted by atomic mass is 32.2. The van der Waals surface area contributed by atoms with Gasteiger partial charge in [-0.05, 0) is 67.1 Å². The number of carbonyl (C=O) groups excluding carboxylic acids is 1.